The van der Waals surface area contributed by atoms with Crippen molar-refractivity contribution < 1.29 is 14.0 Å². The second-order valence-corrected chi connectivity index (χ2v) is 7.90. The molecule has 2 fully saturated rings. The summed E-state index contributed by atoms with van der Waals surface area (Å²) in [6.07, 6.45) is 5.18. The number of amides is 2. The number of carbonyl (C=O) groups excluding carboxylic acids is 2. The van der Waals surface area contributed by atoms with E-state index in [1.807, 2.05) is 11.8 Å². The van der Waals surface area contributed by atoms with Crippen molar-refractivity contribution in [3.8, 4) is 0 Å². The lowest BCUT2D eigenvalue weighted by atomic mass is 9.73. The van der Waals surface area contributed by atoms with Gasteiger partial charge in [0.2, 0.25) is 11.8 Å². The van der Waals surface area contributed by atoms with E-state index >= 15 is 0 Å². The van der Waals surface area contributed by atoms with Crippen LogP contribution in [0.2, 0.25) is 0 Å². The lowest BCUT2D eigenvalue weighted by Gasteiger charge is -2.41. The fraction of sp³-hybridized carbons (Fsp3) is 0.600. The van der Waals surface area contributed by atoms with Crippen LogP contribution in [0.3, 0.4) is 0 Å². The van der Waals surface area contributed by atoms with Gasteiger partial charge in [0.05, 0.1) is 5.92 Å². The van der Waals surface area contributed by atoms with Crippen LogP contribution in [0.5, 0.6) is 0 Å². The maximum absolute atomic E-state index is 12.9. The maximum Gasteiger partial charge on any atom is 0.227 e. The number of rotatable bonds is 3. The Kier molecular flexibility index (Phi) is 7.23. The Morgan fingerprint density at radius 2 is 1.78 bits per heavy atom. The summed E-state index contributed by atoms with van der Waals surface area (Å²) < 4.78 is 12.9. The molecule has 2 aliphatic rings. The van der Waals surface area contributed by atoms with Crippen molar-refractivity contribution in [3.05, 3.63) is 30.1 Å². The van der Waals surface area contributed by atoms with E-state index in [-0.39, 0.29) is 41.9 Å². The van der Waals surface area contributed by atoms with Crippen LogP contribution in [0.25, 0.3) is 0 Å². The number of nitrogens with two attached hydrogens (primary N) is 1. The summed E-state index contributed by atoms with van der Waals surface area (Å²) in [7, 11) is 0. The molecule has 0 aromatic heterocycles. The van der Waals surface area contributed by atoms with E-state index in [9.17, 15) is 14.0 Å². The standard InChI is InChI=1S/C20H28FN3O2.ClH/c1-20(22)11-3-2-4-17(20)19(26)24-12-9-14(10-13-24)18(25)23-16-7-5-15(21)6-8-16;/h5-8,14,17H,2-4,9-13,22H2,1H3,(H,23,25);1H. The van der Waals surface area contributed by atoms with Crippen LogP contribution >= 0.6 is 12.4 Å². The molecule has 150 valence electrons. The van der Waals surface area contributed by atoms with Gasteiger partial charge in [-0.1, -0.05) is 12.8 Å². The van der Waals surface area contributed by atoms with Crippen molar-refractivity contribution in [2.45, 2.75) is 51.0 Å². The molecule has 2 amide bonds. The molecule has 1 aliphatic heterocycles. The third-order valence-corrected chi connectivity index (χ3v) is 5.84. The minimum absolute atomic E-state index is 0. The van der Waals surface area contributed by atoms with E-state index in [2.05, 4.69) is 5.32 Å². The molecule has 1 heterocycles. The van der Waals surface area contributed by atoms with E-state index in [0.717, 1.165) is 25.7 Å². The zero-order chi connectivity index (χ0) is 18.7. The Bertz CT molecular complexity index is 658. The number of nitrogens with zero attached hydrogens (tertiary/aromatic N) is 1. The number of halogens is 2. The Hall–Kier alpha value is -1.66. The second-order valence-electron chi connectivity index (χ2n) is 7.90. The highest BCUT2D eigenvalue weighted by Gasteiger charge is 2.40. The van der Waals surface area contributed by atoms with Crippen molar-refractivity contribution in [2.75, 3.05) is 18.4 Å². The molecular formula is C20H29ClFN3O2. The summed E-state index contributed by atoms with van der Waals surface area (Å²) in [6.45, 7) is 3.16. The third kappa shape index (κ3) is 5.20. The van der Waals surface area contributed by atoms with Crippen LogP contribution < -0.4 is 11.1 Å². The Morgan fingerprint density at radius 3 is 2.37 bits per heavy atom. The molecule has 1 saturated heterocycles. The minimum atomic E-state index is -0.424. The number of piperidine rings is 1. The molecule has 7 heteroatoms. The van der Waals surface area contributed by atoms with Crippen molar-refractivity contribution >= 4 is 29.9 Å². The largest absolute Gasteiger partial charge is 0.342 e. The molecule has 3 rings (SSSR count). The van der Waals surface area contributed by atoms with Crippen molar-refractivity contribution in [1.82, 2.24) is 4.90 Å². The molecule has 2 unspecified atom stereocenters. The van der Waals surface area contributed by atoms with Crippen molar-refractivity contribution in [3.63, 3.8) is 0 Å². The van der Waals surface area contributed by atoms with Gasteiger partial charge in [0, 0.05) is 30.2 Å². The lowest BCUT2D eigenvalue weighted by Crippen LogP contribution is -2.55. The van der Waals surface area contributed by atoms with Gasteiger partial charge in [-0.15, -0.1) is 12.4 Å². The average molecular weight is 398 g/mol. The van der Waals surface area contributed by atoms with Crippen LogP contribution in [0, 0.1) is 17.7 Å². The number of carbonyl (C=O) groups is 2. The highest BCUT2D eigenvalue weighted by Crippen LogP contribution is 2.34. The maximum atomic E-state index is 12.9. The topological polar surface area (TPSA) is 75.4 Å². The van der Waals surface area contributed by atoms with Crippen LogP contribution in [0.15, 0.2) is 24.3 Å². The van der Waals surface area contributed by atoms with E-state index in [1.54, 1.807) is 12.1 Å². The summed E-state index contributed by atoms with van der Waals surface area (Å²) in [6, 6.07) is 5.75. The van der Waals surface area contributed by atoms with Crippen LogP contribution in [-0.4, -0.2) is 35.3 Å². The predicted octanol–water partition coefficient (Wildman–Crippen LogP) is 3.33. The van der Waals surface area contributed by atoms with Crippen molar-refractivity contribution in [1.29, 1.82) is 0 Å². The Labute approximate surface area is 166 Å². The number of hydrogen-bond donors (Lipinski definition) is 2. The summed E-state index contributed by atoms with van der Waals surface area (Å²) in [5.41, 5.74) is 6.53. The fourth-order valence-electron chi connectivity index (χ4n) is 4.12. The van der Waals surface area contributed by atoms with Gasteiger partial charge >= 0.3 is 0 Å². The smallest absolute Gasteiger partial charge is 0.227 e. The monoisotopic (exact) mass is 397 g/mol. The first-order valence-corrected chi connectivity index (χ1v) is 9.51. The lowest BCUT2D eigenvalue weighted by molar-refractivity contribution is -0.141. The molecule has 1 aromatic carbocycles. The molecule has 1 aromatic rings. The third-order valence-electron chi connectivity index (χ3n) is 5.84. The normalized spacial score (nSPS) is 26.2. The number of hydrogen-bond acceptors (Lipinski definition) is 3. The summed E-state index contributed by atoms with van der Waals surface area (Å²) in [5, 5.41) is 2.83. The van der Waals surface area contributed by atoms with Gasteiger partial charge in [-0.2, -0.15) is 0 Å². The molecular weight excluding hydrogens is 369 g/mol. The van der Waals surface area contributed by atoms with Crippen LogP contribution in [0.1, 0.15) is 45.4 Å². The molecule has 27 heavy (non-hydrogen) atoms. The molecule has 1 saturated carbocycles. The van der Waals surface area contributed by atoms with E-state index in [1.165, 1.54) is 12.1 Å². The van der Waals surface area contributed by atoms with Gasteiger partial charge in [-0.25, -0.2) is 4.39 Å². The van der Waals surface area contributed by atoms with Gasteiger partial charge in [-0.05, 0) is 56.9 Å². The molecule has 0 radical (unpaired) electrons. The molecule has 3 N–H and O–H groups in total. The zero-order valence-corrected chi connectivity index (χ0v) is 16.6. The number of benzene rings is 1. The first-order valence-electron chi connectivity index (χ1n) is 9.51. The van der Waals surface area contributed by atoms with Gasteiger partial charge < -0.3 is 16.0 Å². The summed E-state index contributed by atoms with van der Waals surface area (Å²) in [5.74, 6) is -0.484. The van der Waals surface area contributed by atoms with E-state index in [0.29, 0.717) is 31.6 Å². The fourth-order valence-corrected chi connectivity index (χ4v) is 4.12. The zero-order valence-electron chi connectivity index (χ0n) is 15.7. The number of likely N-dealkylation sites (tertiary alicyclic amines) is 1. The van der Waals surface area contributed by atoms with Gasteiger partial charge in [-0.3, -0.25) is 9.59 Å². The molecule has 0 bridgehead atoms. The van der Waals surface area contributed by atoms with E-state index < -0.39 is 5.54 Å². The SMILES string of the molecule is CC1(N)CCCCC1C(=O)N1CCC(C(=O)Nc2ccc(F)cc2)CC1.Cl. The summed E-state index contributed by atoms with van der Waals surface area (Å²) in [4.78, 5) is 27.2. The van der Waals surface area contributed by atoms with Crippen LogP contribution in [0.4, 0.5) is 10.1 Å². The van der Waals surface area contributed by atoms with Crippen molar-refractivity contribution in [2.24, 2.45) is 17.6 Å². The quantitative estimate of drug-likeness (QED) is 0.821. The molecule has 0 spiro atoms. The van der Waals surface area contributed by atoms with Gasteiger partial charge in [0.25, 0.3) is 0 Å². The first-order chi connectivity index (χ1) is 12.4. The highest BCUT2D eigenvalue weighted by molar-refractivity contribution is 5.92. The number of anilines is 1. The molecule has 1 aliphatic carbocycles. The Balaban J connectivity index is 0.00000261. The van der Waals surface area contributed by atoms with Gasteiger partial charge in [0.15, 0.2) is 0 Å². The minimum Gasteiger partial charge on any atom is -0.342 e. The molecule has 2 atom stereocenters. The summed E-state index contributed by atoms with van der Waals surface area (Å²) >= 11 is 0. The second kappa shape index (κ2) is 9.02. The Morgan fingerprint density at radius 1 is 1.15 bits per heavy atom. The number of nitrogens with one attached hydrogen (secondary N) is 1. The van der Waals surface area contributed by atoms with Gasteiger partial charge in [0.1, 0.15) is 5.82 Å². The average Bonchev–Trinajstić information content (AvgIpc) is 2.63. The highest BCUT2D eigenvalue weighted by atomic mass is 35.5. The van der Waals surface area contributed by atoms with Crippen LogP contribution in [-0.2, 0) is 9.59 Å². The molecule has 5 nitrogen and oxygen atoms in total. The van der Waals surface area contributed by atoms with E-state index in [4.69, 9.17) is 5.73 Å². The predicted molar refractivity (Wildman–Crippen MR) is 106 cm³/mol. The first kappa shape index (κ1) is 21.6.